The second-order valence-electron chi connectivity index (χ2n) is 5.98. The first-order valence-corrected chi connectivity index (χ1v) is 7.86. The molecule has 2 atom stereocenters. The number of nitrogens with zero attached hydrogens (tertiary/aromatic N) is 3. The minimum absolute atomic E-state index is 0.0471. The SMILES string of the molecule is Cc1noc(C)c1CC(=O)N[C@@H]1CCCO[C@H]1c1nccn1C. The Morgan fingerprint density at radius 3 is 2.96 bits per heavy atom. The normalized spacial score (nSPS) is 21.3. The van der Waals surface area contributed by atoms with Crippen LogP contribution in [0.5, 0.6) is 0 Å². The molecule has 3 rings (SSSR count). The van der Waals surface area contributed by atoms with Crippen LogP contribution in [-0.4, -0.2) is 33.3 Å². The van der Waals surface area contributed by atoms with Crippen molar-refractivity contribution in [3.05, 3.63) is 35.2 Å². The number of imidazole rings is 1. The molecule has 7 nitrogen and oxygen atoms in total. The molecule has 0 unspecified atom stereocenters. The van der Waals surface area contributed by atoms with E-state index in [-0.39, 0.29) is 24.5 Å². The molecule has 1 fully saturated rings. The highest BCUT2D eigenvalue weighted by molar-refractivity contribution is 5.79. The molecule has 7 heteroatoms. The summed E-state index contributed by atoms with van der Waals surface area (Å²) in [5.41, 5.74) is 1.62. The molecule has 2 aromatic rings. The van der Waals surface area contributed by atoms with Gasteiger partial charge in [-0.3, -0.25) is 4.79 Å². The van der Waals surface area contributed by atoms with Crippen LogP contribution in [0, 0.1) is 13.8 Å². The molecule has 23 heavy (non-hydrogen) atoms. The van der Waals surface area contributed by atoms with Gasteiger partial charge >= 0.3 is 0 Å². The maximum absolute atomic E-state index is 12.4. The summed E-state index contributed by atoms with van der Waals surface area (Å²) in [5.74, 6) is 1.49. The molecule has 3 heterocycles. The van der Waals surface area contributed by atoms with E-state index in [2.05, 4.69) is 15.5 Å². The van der Waals surface area contributed by atoms with Crippen molar-refractivity contribution in [2.24, 2.45) is 7.05 Å². The van der Waals surface area contributed by atoms with Gasteiger partial charge in [-0.25, -0.2) is 4.98 Å². The Balaban J connectivity index is 1.70. The Labute approximate surface area is 135 Å². The largest absolute Gasteiger partial charge is 0.368 e. The first-order valence-electron chi connectivity index (χ1n) is 7.86. The standard InChI is InChI=1S/C16H22N4O3/c1-10-12(11(2)23-19-10)9-14(21)18-13-5-4-8-22-15(13)16-17-6-7-20(16)3/h6-7,13,15H,4-5,8-9H2,1-3H3,(H,18,21)/t13-,15-/m1/s1. The Kier molecular flexibility index (Phi) is 4.47. The molecule has 2 aromatic heterocycles. The summed E-state index contributed by atoms with van der Waals surface area (Å²) in [6, 6.07) is -0.0715. The molecule has 0 aliphatic carbocycles. The number of rotatable bonds is 4. The summed E-state index contributed by atoms with van der Waals surface area (Å²) in [7, 11) is 1.93. The van der Waals surface area contributed by atoms with Crippen LogP contribution >= 0.6 is 0 Å². The zero-order chi connectivity index (χ0) is 16.4. The van der Waals surface area contributed by atoms with Crippen LogP contribution in [0.3, 0.4) is 0 Å². The maximum atomic E-state index is 12.4. The van der Waals surface area contributed by atoms with E-state index in [4.69, 9.17) is 9.26 Å². The lowest BCUT2D eigenvalue weighted by atomic mass is 10.0. The second kappa shape index (κ2) is 6.54. The van der Waals surface area contributed by atoms with Gasteiger partial charge < -0.3 is 19.1 Å². The Morgan fingerprint density at radius 2 is 2.30 bits per heavy atom. The summed E-state index contributed by atoms with van der Waals surface area (Å²) in [5, 5.41) is 6.98. The van der Waals surface area contributed by atoms with Crippen molar-refractivity contribution in [1.29, 1.82) is 0 Å². The molecule has 1 amide bonds. The lowest BCUT2D eigenvalue weighted by Gasteiger charge is -2.31. The topological polar surface area (TPSA) is 82.2 Å². The van der Waals surface area contributed by atoms with E-state index in [0.717, 1.165) is 29.9 Å². The molecule has 1 aliphatic heterocycles. The highest BCUT2D eigenvalue weighted by atomic mass is 16.5. The predicted octanol–water partition coefficient (Wildman–Crippen LogP) is 1.60. The Hall–Kier alpha value is -2.15. The van der Waals surface area contributed by atoms with Crippen LogP contribution in [0.4, 0.5) is 0 Å². The van der Waals surface area contributed by atoms with Crippen molar-refractivity contribution < 1.29 is 14.1 Å². The van der Waals surface area contributed by atoms with Crippen molar-refractivity contribution in [2.45, 2.75) is 45.3 Å². The van der Waals surface area contributed by atoms with Crippen LogP contribution in [0.2, 0.25) is 0 Å². The van der Waals surface area contributed by atoms with Crippen molar-refractivity contribution in [2.75, 3.05) is 6.61 Å². The van der Waals surface area contributed by atoms with E-state index in [0.29, 0.717) is 12.4 Å². The fourth-order valence-corrected chi connectivity index (χ4v) is 3.01. The summed E-state index contributed by atoms with van der Waals surface area (Å²) in [6.07, 6.45) is 5.50. The van der Waals surface area contributed by atoms with Gasteiger partial charge in [0.05, 0.1) is 18.2 Å². The zero-order valence-corrected chi connectivity index (χ0v) is 13.7. The molecule has 0 bridgehead atoms. The number of aryl methyl sites for hydroxylation is 3. The third-order valence-electron chi connectivity index (χ3n) is 4.30. The highest BCUT2D eigenvalue weighted by Gasteiger charge is 2.31. The van der Waals surface area contributed by atoms with Gasteiger partial charge in [-0.15, -0.1) is 0 Å². The van der Waals surface area contributed by atoms with Gasteiger partial charge in [-0.2, -0.15) is 0 Å². The predicted molar refractivity (Wildman–Crippen MR) is 82.7 cm³/mol. The fourth-order valence-electron chi connectivity index (χ4n) is 3.01. The van der Waals surface area contributed by atoms with Gasteiger partial charge in [0.1, 0.15) is 17.7 Å². The third-order valence-corrected chi connectivity index (χ3v) is 4.30. The second-order valence-corrected chi connectivity index (χ2v) is 5.98. The van der Waals surface area contributed by atoms with Crippen molar-refractivity contribution in [1.82, 2.24) is 20.0 Å². The number of hydrogen-bond acceptors (Lipinski definition) is 5. The molecule has 0 radical (unpaired) electrons. The van der Waals surface area contributed by atoms with E-state index >= 15 is 0 Å². The van der Waals surface area contributed by atoms with Crippen LogP contribution < -0.4 is 5.32 Å². The average molecular weight is 318 g/mol. The number of carbonyl (C=O) groups excluding carboxylic acids is 1. The van der Waals surface area contributed by atoms with Crippen molar-refractivity contribution >= 4 is 5.91 Å². The minimum Gasteiger partial charge on any atom is -0.368 e. The van der Waals surface area contributed by atoms with Crippen LogP contribution in [-0.2, 0) is 23.0 Å². The Morgan fingerprint density at radius 1 is 1.48 bits per heavy atom. The number of aromatic nitrogens is 3. The van der Waals surface area contributed by atoms with Crippen molar-refractivity contribution in [3.63, 3.8) is 0 Å². The summed E-state index contributed by atoms with van der Waals surface area (Å²) in [6.45, 7) is 4.36. The number of hydrogen-bond donors (Lipinski definition) is 1. The van der Waals surface area contributed by atoms with Gasteiger partial charge in [0.2, 0.25) is 5.91 Å². The van der Waals surface area contributed by atoms with E-state index in [9.17, 15) is 4.79 Å². The van der Waals surface area contributed by atoms with Gasteiger partial charge in [0, 0.05) is 31.6 Å². The lowest BCUT2D eigenvalue weighted by Crippen LogP contribution is -2.44. The Bertz CT molecular complexity index is 672. The number of ether oxygens (including phenoxy) is 1. The molecule has 0 saturated carbocycles. The average Bonchev–Trinajstić information content (AvgIpc) is 3.08. The van der Waals surface area contributed by atoms with Gasteiger partial charge in [0.25, 0.3) is 0 Å². The minimum atomic E-state index is -0.211. The van der Waals surface area contributed by atoms with Crippen LogP contribution in [0.15, 0.2) is 16.9 Å². The van der Waals surface area contributed by atoms with Gasteiger partial charge in [-0.1, -0.05) is 5.16 Å². The van der Waals surface area contributed by atoms with Gasteiger partial charge in [0.15, 0.2) is 0 Å². The number of carbonyl (C=O) groups is 1. The monoisotopic (exact) mass is 318 g/mol. The first kappa shape index (κ1) is 15.7. The first-order chi connectivity index (χ1) is 11.1. The number of nitrogens with one attached hydrogen (secondary N) is 1. The molecular weight excluding hydrogens is 296 g/mol. The molecule has 0 aromatic carbocycles. The molecule has 0 spiro atoms. The highest BCUT2D eigenvalue weighted by Crippen LogP contribution is 2.27. The smallest absolute Gasteiger partial charge is 0.224 e. The molecule has 1 N–H and O–H groups in total. The van der Waals surface area contributed by atoms with E-state index in [1.165, 1.54) is 0 Å². The fraction of sp³-hybridized carbons (Fsp3) is 0.562. The maximum Gasteiger partial charge on any atom is 0.224 e. The quantitative estimate of drug-likeness (QED) is 0.926. The van der Waals surface area contributed by atoms with Crippen LogP contribution in [0.1, 0.15) is 41.8 Å². The van der Waals surface area contributed by atoms with Crippen LogP contribution in [0.25, 0.3) is 0 Å². The third kappa shape index (κ3) is 3.29. The summed E-state index contributed by atoms with van der Waals surface area (Å²) in [4.78, 5) is 16.8. The summed E-state index contributed by atoms with van der Waals surface area (Å²) < 4.78 is 12.9. The van der Waals surface area contributed by atoms with E-state index < -0.39 is 0 Å². The molecule has 124 valence electrons. The summed E-state index contributed by atoms with van der Waals surface area (Å²) >= 11 is 0. The van der Waals surface area contributed by atoms with E-state index in [1.807, 2.05) is 31.7 Å². The molecule has 1 aliphatic rings. The lowest BCUT2D eigenvalue weighted by molar-refractivity contribution is -0.123. The number of amides is 1. The van der Waals surface area contributed by atoms with Crippen molar-refractivity contribution in [3.8, 4) is 0 Å². The van der Waals surface area contributed by atoms with E-state index in [1.54, 1.807) is 6.20 Å². The molecular formula is C16H22N4O3. The molecule has 1 saturated heterocycles. The zero-order valence-electron chi connectivity index (χ0n) is 13.7. The van der Waals surface area contributed by atoms with Gasteiger partial charge in [-0.05, 0) is 26.7 Å².